The first-order valence-corrected chi connectivity index (χ1v) is 8.84. The van der Waals surface area contributed by atoms with Gasteiger partial charge in [-0.25, -0.2) is 8.42 Å². The van der Waals surface area contributed by atoms with Gasteiger partial charge in [-0.15, -0.1) is 0 Å². The van der Waals surface area contributed by atoms with Crippen LogP contribution in [0.4, 0.5) is 0 Å². The number of aliphatic hydroxyl groups excluding tert-OH is 1. The number of aliphatic hydroxyl groups is 1. The molecule has 0 aliphatic carbocycles. The first-order chi connectivity index (χ1) is 8.97. The molecule has 0 aromatic rings. The third-order valence-corrected chi connectivity index (χ3v) is 4.80. The molecule has 1 heterocycles. The molecule has 0 bridgehead atoms. The van der Waals surface area contributed by atoms with Crippen LogP contribution < -0.4 is 5.32 Å². The van der Waals surface area contributed by atoms with Gasteiger partial charge in [0.15, 0.2) is 0 Å². The molecule has 1 saturated heterocycles. The molecule has 1 atom stereocenters. The Hall–Kier alpha value is -0.210. The van der Waals surface area contributed by atoms with Gasteiger partial charge in [0, 0.05) is 32.2 Å². The van der Waals surface area contributed by atoms with Crippen molar-refractivity contribution in [3.05, 3.63) is 0 Å². The standard InChI is InChI=1S/C12H27N3O3S/c1-3-5-13-12(11-16)4-6-14-7-9-15(10-8-14)19(2,17)18/h12-13,16H,3-11H2,1-2H3. The highest BCUT2D eigenvalue weighted by Gasteiger charge is 2.23. The molecule has 1 aliphatic rings. The summed E-state index contributed by atoms with van der Waals surface area (Å²) < 4.78 is 24.3. The molecule has 2 N–H and O–H groups in total. The third kappa shape index (κ3) is 6.18. The van der Waals surface area contributed by atoms with Gasteiger partial charge < -0.3 is 15.3 Å². The fourth-order valence-electron chi connectivity index (χ4n) is 2.23. The Morgan fingerprint density at radius 1 is 1.26 bits per heavy atom. The minimum absolute atomic E-state index is 0.146. The van der Waals surface area contributed by atoms with E-state index in [0.29, 0.717) is 13.1 Å². The second kappa shape index (κ2) is 8.16. The summed E-state index contributed by atoms with van der Waals surface area (Å²) in [6, 6.07) is 0.146. The molecule has 1 aliphatic heterocycles. The van der Waals surface area contributed by atoms with E-state index >= 15 is 0 Å². The lowest BCUT2D eigenvalue weighted by molar-refractivity contribution is 0.167. The fraction of sp³-hybridized carbons (Fsp3) is 1.00. The summed E-state index contributed by atoms with van der Waals surface area (Å²) in [7, 11) is -3.04. The van der Waals surface area contributed by atoms with Crippen molar-refractivity contribution >= 4 is 10.0 Å². The predicted molar refractivity (Wildman–Crippen MR) is 76.6 cm³/mol. The van der Waals surface area contributed by atoms with Gasteiger partial charge in [0.05, 0.1) is 12.9 Å². The Balaban J connectivity index is 2.25. The van der Waals surface area contributed by atoms with Crippen LogP contribution in [0, 0.1) is 0 Å². The molecule has 114 valence electrons. The van der Waals surface area contributed by atoms with Crippen molar-refractivity contribution in [1.82, 2.24) is 14.5 Å². The molecule has 0 amide bonds. The molecule has 1 unspecified atom stereocenters. The molecular formula is C12H27N3O3S. The SMILES string of the molecule is CCCNC(CO)CCN1CCN(S(C)(=O)=O)CC1. The average molecular weight is 293 g/mol. The summed E-state index contributed by atoms with van der Waals surface area (Å²) in [6.07, 6.45) is 3.22. The van der Waals surface area contributed by atoms with Crippen LogP contribution in [0.2, 0.25) is 0 Å². The van der Waals surface area contributed by atoms with Crippen molar-refractivity contribution in [2.24, 2.45) is 0 Å². The van der Waals surface area contributed by atoms with E-state index < -0.39 is 10.0 Å². The highest BCUT2D eigenvalue weighted by Crippen LogP contribution is 2.07. The monoisotopic (exact) mass is 293 g/mol. The summed E-state index contributed by atoms with van der Waals surface area (Å²) >= 11 is 0. The molecule has 1 fully saturated rings. The third-order valence-electron chi connectivity index (χ3n) is 3.50. The van der Waals surface area contributed by atoms with Crippen LogP contribution in [0.15, 0.2) is 0 Å². The second-order valence-electron chi connectivity index (χ2n) is 5.13. The quantitative estimate of drug-likeness (QED) is 0.620. The van der Waals surface area contributed by atoms with Crippen molar-refractivity contribution < 1.29 is 13.5 Å². The highest BCUT2D eigenvalue weighted by molar-refractivity contribution is 7.88. The van der Waals surface area contributed by atoms with Gasteiger partial charge >= 0.3 is 0 Å². The van der Waals surface area contributed by atoms with Gasteiger partial charge in [-0.3, -0.25) is 0 Å². The summed E-state index contributed by atoms with van der Waals surface area (Å²) in [5.74, 6) is 0. The highest BCUT2D eigenvalue weighted by atomic mass is 32.2. The lowest BCUT2D eigenvalue weighted by Crippen LogP contribution is -2.49. The van der Waals surface area contributed by atoms with Gasteiger partial charge in [-0.1, -0.05) is 6.92 Å². The fourth-order valence-corrected chi connectivity index (χ4v) is 3.06. The van der Waals surface area contributed by atoms with E-state index in [1.54, 1.807) is 0 Å². The number of nitrogens with one attached hydrogen (secondary N) is 1. The van der Waals surface area contributed by atoms with Crippen LogP contribution in [-0.2, 0) is 10.0 Å². The van der Waals surface area contributed by atoms with E-state index in [9.17, 15) is 13.5 Å². The Bertz CT molecular complexity index is 340. The second-order valence-corrected chi connectivity index (χ2v) is 7.11. The zero-order valence-electron chi connectivity index (χ0n) is 12.0. The predicted octanol–water partition coefficient (Wildman–Crippen LogP) is -0.686. The molecule has 7 heteroatoms. The van der Waals surface area contributed by atoms with Gasteiger partial charge in [-0.05, 0) is 25.9 Å². The molecule has 19 heavy (non-hydrogen) atoms. The van der Waals surface area contributed by atoms with Gasteiger partial charge in [0.2, 0.25) is 10.0 Å². The average Bonchev–Trinajstić information content (AvgIpc) is 2.38. The van der Waals surface area contributed by atoms with Crippen molar-refractivity contribution in [2.75, 3.05) is 52.1 Å². The van der Waals surface area contributed by atoms with E-state index in [1.165, 1.54) is 10.6 Å². The molecule has 0 spiro atoms. The zero-order valence-corrected chi connectivity index (χ0v) is 12.8. The molecule has 6 nitrogen and oxygen atoms in total. The molecule has 0 aromatic heterocycles. The van der Waals surface area contributed by atoms with Gasteiger partial charge in [0.1, 0.15) is 0 Å². The Kier molecular flexibility index (Phi) is 7.23. The number of hydrogen-bond donors (Lipinski definition) is 2. The summed E-state index contributed by atoms with van der Waals surface area (Å²) in [5, 5.41) is 12.6. The van der Waals surface area contributed by atoms with Crippen LogP contribution in [0.25, 0.3) is 0 Å². The number of nitrogens with zero attached hydrogens (tertiary/aromatic N) is 2. The van der Waals surface area contributed by atoms with E-state index in [4.69, 9.17) is 0 Å². The zero-order chi connectivity index (χ0) is 14.3. The molecular weight excluding hydrogens is 266 g/mol. The first kappa shape index (κ1) is 16.8. The molecule has 0 saturated carbocycles. The van der Waals surface area contributed by atoms with Crippen molar-refractivity contribution in [3.8, 4) is 0 Å². The Morgan fingerprint density at radius 2 is 1.89 bits per heavy atom. The Labute approximate surface area is 116 Å². The molecule has 1 rings (SSSR count). The first-order valence-electron chi connectivity index (χ1n) is 6.99. The number of piperazine rings is 1. The lowest BCUT2D eigenvalue weighted by Gasteiger charge is -2.33. The van der Waals surface area contributed by atoms with Gasteiger partial charge in [-0.2, -0.15) is 4.31 Å². The number of rotatable bonds is 8. The van der Waals surface area contributed by atoms with Crippen LogP contribution >= 0.6 is 0 Å². The van der Waals surface area contributed by atoms with Crippen LogP contribution in [-0.4, -0.2) is 80.9 Å². The smallest absolute Gasteiger partial charge is 0.211 e. The van der Waals surface area contributed by atoms with E-state index in [1.807, 2.05) is 0 Å². The maximum atomic E-state index is 11.4. The van der Waals surface area contributed by atoms with Crippen LogP contribution in [0.5, 0.6) is 0 Å². The van der Waals surface area contributed by atoms with Crippen molar-refractivity contribution in [1.29, 1.82) is 0 Å². The number of hydrogen-bond acceptors (Lipinski definition) is 5. The molecule has 0 aromatic carbocycles. The maximum Gasteiger partial charge on any atom is 0.211 e. The summed E-state index contributed by atoms with van der Waals surface area (Å²) in [6.45, 7) is 6.79. The maximum absolute atomic E-state index is 11.4. The normalized spacial score (nSPS) is 20.6. The van der Waals surface area contributed by atoms with Gasteiger partial charge in [0.25, 0.3) is 0 Å². The lowest BCUT2D eigenvalue weighted by atomic mass is 10.2. The van der Waals surface area contributed by atoms with E-state index in [2.05, 4.69) is 17.1 Å². The van der Waals surface area contributed by atoms with E-state index in [-0.39, 0.29) is 12.6 Å². The van der Waals surface area contributed by atoms with Crippen molar-refractivity contribution in [3.63, 3.8) is 0 Å². The Morgan fingerprint density at radius 3 is 2.37 bits per heavy atom. The minimum Gasteiger partial charge on any atom is -0.395 e. The van der Waals surface area contributed by atoms with E-state index in [0.717, 1.165) is 39.0 Å². The molecule has 0 radical (unpaired) electrons. The van der Waals surface area contributed by atoms with Crippen LogP contribution in [0.1, 0.15) is 19.8 Å². The van der Waals surface area contributed by atoms with Crippen molar-refractivity contribution in [2.45, 2.75) is 25.8 Å². The number of sulfonamides is 1. The van der Waals surface area contributed by atoms with Crippen LogP contribution in [0.3, 0.4) is 0 Å². The summed E-state index contributed by atoms with van der Waals surface area (Å²) in [4.78, 5) is 2.26. The largest absolute Gasteiger partial charge is 0.395 e. The minimum atomic E-state index is -3.04. The summed E-state index contributed by atoms with van der Waals surface area (Å²) in [5.41, 5.74) is 0. The topological polar surface area (TPSA) is 72.9 Å².